The maximum absolute atomic E-state index is 13.5. The van der Waals surface area contributed by atoms with E-state index < -0.39 is 5.91 Å². The van der Waals surface area contributed by atoms with Gasteiger partial charge in [0.1, 0.15) is 23.2 Å². The third-order valence-electron chi connectivity index (χ3n) is 4.99. The molecule has 0 heterocycles. The number of hydrogen-bond acceptors (Lipinski definition) is 3. The standard InChI is InChI=1S/C26H22ClFN2O2/c1-3-19-8-4-5-10-24(19)30-26(31)20(16-29)11-18-14-23(27)22(25(15-18)32-2)13-17-7-6-9-21(28)12-17/h4-12,14-15H,3,13H2,1-2H3,(H,30,31)/b20-11+. The van der Waals surface area contributed by atoms with E-state index in [2.05, 4.69) is 5.32 Å². The third kappa shape index (κ3) is 5.54. The van der Waals surface area contributed by atoms with E-state index >= 15 is 0 Å². The third-order valence-corrected chi connectivity index (χ3v) is 5.33. The van der Waals surface area contributed by atoms with E-state index in [0.29, 0.717) is 34.0 Å². The van der Waals surface area contributed by atoms with Crippen LogP contribution >= 0.6 is 11.6 Å². The van der Waals surface area contributed by atoms with Gasteiger partial charge in [0.05, 0.1) is 7.11 Å². The molecule has 6 heteroatoms. The Morgan fingerprint density at radius 3 is 2.66 bits per heavy atom. The Balaban J connectivity index is 1.90. The maximum Gasteiger partial charge on any atom is 0.266 e. The van der Waals surface area contributed by atoms with Crippen LogP contribution in [0.1, 0.15) is 29.2 Å². The van der Waals surface area contributed by atoms with Crippen LogP contribution in [0.3, 0.4) is 0 Å². The molecule has 0 aromatic heterocycles. The van der Waals surface area contributed by atoms with Crippen LogP contribution in [0.2, 0.25) is 5.02 Å². The predicted molar refractivity (Wildman–Crippen MR) is 125 cm³/mol. The molecule has 0 saturated heterocycles. The molecule has 0 spiro atoms. The van der Waals surface area contributed by atoms with Gasteiger partial charge in [-0.05, 0) is 59.5 Å². The molecule has 4 nitrogen and oxygen atoms in total. The average Bonchev–Trinajstić information content (AvgIpc) is 2.79. The zero-order valence-electron chi connectivity index (χ0n) is 17.8. The summed E-state index contributed by atoms with van der Waals surface area (Å²) in [7, 11) is 1.51. The Morgan fingerprint density at radius 1 is 1.19 bits per heavy atom. The summed E-state index contributed by atoms with van der Waals surface area (Å²) in [4.78, 5) is 12.7. The normalized spacial score (nSPS) is 11.0. The van der Waals surface area contributed by atoms with Crippen molar-refractivity contribution in [3.8, 4) is 11.8 Å². The number of hydrogen-bond donors (Lipinski definition) is 1. The lowest BCUT2D eigenvalue weighted by molar-refractivity contribution is -0.112. The molecule has 0 bridgehead atoms. The highest BCUT2D eigenvalue weighted by Gasteiger charge is 2.15. The lowest BCUT2D eigenvalue weighted by Crippen LogP contribution is -2.14. The molecule has 162 valence electrons. The lowest BCUT2D eigenvalue weighted by Gasteiger charge is -2.13. The van der Waals surface area contributed by atoms with Gasteiger partial charge in [0.2, 0.25) is 0 Å². The van der Waals surface area contributed by atoms with Crippen LogP contribution in [0.4, 0.5) is 10.1 Å². The van der Waals surface area contributed by atoms with Crippen molar-refractivity contribution in [3.05, 3.63) is 99.3 Å². The minimum absolute atomic E-state index is 0.0630. The Hall–Kier alpha value is -3.62. The number of carbonyl (C=O) groups excluding carboxylic acids is 1. The van der Waals surface area contributed by atoms with E-state index in [4.69, 9.17) is 16.3 Å². The molecule has 3 aromatic rings. The van der Waals surface area contributed by atoms with Crippen molar-refractivity contribution < 1.29 is 13.9 Å². The van der Waals surface area contributed by atoms with Crippen molar-refractivity contribution in [1.82, 2.24) is 0 Å². The molecule has 3 aromatic carbocycles. The molecule has 3 rings (SSSR count). The monoisotopic (exact) mass is 448 g/mol. The van der Waals surface area contributed by atoms with E-state index in [0.717, 1.165) is 17.5 Å². The van der Waals surface area contributed by atoms with Crippen LogP contribution in [0, 0.1) is 17.1 Å². The first kappa shape index (κ1) is 23.1. The van der Waals surface area contributed by atoms with Crippen molar-refractivity contribution in [2.24, 2.45) is 0 Å². The van der Waals surface area contributed by atoms with Gasteiger partial charge in [-0.3, -0.25) is 4.79 Å². The molecule has 0 aliphatic rings. The highest BCUT2D eigenvalue weighted by Crippen LogP contribution is 2.32. The molecule has 0 aliphatic carbocycles. The van der Waals surface area contributed by atoms with Gasteiger partial charge in [-0.1, -0.05) is 48.9 Å². The number of nitrogens with zero attached hydrogens (tertiary/aromatic N) is 1. The number of methoxy groups -OCH3 is 1. The summed E-state index contributed by atoms with van der Waals surface area (Å²) in [5.74, 6) is -0.346. The Labute approximate surface area is 191 Å². The molecule has 1 N–H and O–H groups in total. The number of halogens is 2. The smallest absolute Gasteiger partial charge is 0.266 e. The summed E-state index contributed by atoms with van der Waals surface area (Å²) in [6.07, 6.45) is 2.59. The summed E-state index contributed by atoms with van der Waals surface area (Å²) in [5.41, 5.74) is 3.57. The zero-order chi connectivity index (χ0) is 23.1. The van der Waals surface area contributed by atoms with Crippen LogP contribution in [-0.2, 0) is 17.6 Å². The molecule has 0 aliphatic heterocycles. The number of aryl methyl sites for hydroxylation is 1. The molecule has 0 saturated carbocycles. The second-order valence-corrected chi connectivity index (χ2v) is 7.53. The van der Waals surface area contributed by atoms with Crippen molar-refractivity contribution in [2.75, 3.05) is 12.4 Å². The van der Waals surface area contributed by atoms with Crippen molar-refractivity contribution >= 4 is 29.3 Å². The van der Waals surface area contributed by atoms with E-state index in [9.17, 15) is 14.4 Å². The summed E-state index contributed by atoms with van der Waals surface area (Å²) < 4.78 is 19.0. The topological polar surface area (TPSA) is 62.1 Å². The fourth-order valence-electron chi connectivity index (χ4n) is 3.37. The lowest BCUT2D eigenvalue weighted by atomic mass is 10.0. The number of para-hydroxylation sites is 1. The van der Waals surface area contributed by atoms with Gasteiger partial charge in [0.15, 0.2) is 0 Å². The SMILES string of the molecule is CCc1ccccc1NC(=O)/C(C#N)=C/c1cc(Cl)c(Cc2cccc(F)c2)c(OC)c1. The van der Waals surface area contributed by atoms with Gasteiger partial charge in [-0.2, -0.15) is 5.26 Å². The second kappa shape index (κ2) is 10.6. The molecular weight excluding hydrogens is 427 g/mol. The maximum atomic E-state index is 13.5. The van der Waals surface area contributed by atoms with E-state index in [1.807, 2.05) is 31.2 Å². The average molecular weight is 449 g/mol. The van der Waals surface area contributed by atoms with Gasteiger partial charge in [-0.25, -0.2) is 4.39 Å². The number of ether oxygens (including phenoxy) is 1. The van der Waals surface area contributed by atoms with Crippen LogP contribution in [0.5, 0.6) is 5.75 Å². The van der Waals surface area contributed by atoms with Gasteiger partial charge in [-0.15, -0.1) is 0 Å². The van der Waals surface area contributed by atoms with E-state index in [1.165, 1.54) is 25.3 Å². The molecular formula is C26H22ClFN2O2. The first-order chi connectivity index (χ1) is 15.4. The molecule has 0 fully saturated rings. The fourth-order valence-corrected chi connectivity index (χ4v) is 3.66. The Kier molecular flexibility index (Phi) is 7.64. The number of benzene rings is 3. The largest absolute Gasteiger partial charge is 0.496 e. The van der Waals surface area contributed by atoms with Gasteiger partial charge < -0.3 is 10.1 Å². The minimum Gasteiger partial charge on any atom is -0.496 e. The van der Waals surface area contributed by atoms with Gasteiger partial charge in [0, 0.05) is 22.7 Å². The van der Waals surface area contributed by atoms with Crippen LogP contribution in [-0.4, -0.2) is 13.0 Å². The fraction of sp³-hybridized carbons (Fsp3) is 0.154. The molecule has 1 amide bonds. The number of nitriles is 1. The predicted octanol–water partition coefficient (Wildman–Crippen LogP) is 6.19. The van der Waals surface area contributed by atoms with Crippen molar-refractivity contribution in [3.63, 3.8) is 0 Å². The van der Waals surface area contributed by atoms with E-state index in [-0.39, 0.29) is 11.4 Å². The van der Waals surface area contributed by atoms with E-state index in [1.54, 1.807) is 30.3 Å². The van der Waals surface area contributed by atoms with Crippen molar-refractivity contribution in [2.45, 2.75) is 19.8 Å². The molecule has 0 unspecified atom stereocenters. The van der Waals surface area contributed by atoms with Gasteiger partial charge in [0.25, 0.3) is 5.91 Å². The molecule has 0 radical (unpaired) electrons. The molecule has 0 atom stereocenters. The van der Waals surface area contributed by atoms with Crippen molar-refractivity contribution in [1.29, 1.82) is 5.26 Å². The summed E-state index contributed by atoms with van der Waals surface area (Å²) in [6.45, 7) is 1.99. The number of rotatable bonds is 7. The number of anilines is 1. The highest BCUT2D eigenvalue weighted by atomic mass is 35.5. The van der Waals surface area contributed by atoms with Crippen LogP contribution < -0.4 is 10.1 Å². The number of amides is 1. The van der Waals surface area contributed by atoms with Gasteiger partial charge >= 0.3 is 0 Å². The van der Waals surface area contributed by atoms with Crippen LogP contribution in [0.15, 0.2) is 66.2 Å². The summed E-state index contributed by atoms with van der Waals surface area (Å²) in [5, 5.41) is 12.7. The minimum atomic E-state index is -0.507. The second-order valence-electron chi connectivity index (χ2n) is 7.12. The zero-order valence-corrected chi connectivity index (χ0v) is 18.5. The number of carbonyl (C=O) groups is 1. The Morgan fingerprint density at radius 2 is 1.97 bits per heavy atom. The first-order valence-corrected chi connectivity index (χ1v) is 10.4. The first-order valence-electron chi connectivity index (χ1n) is 10.1. The highest BCUT2D eigenvalue weighted by molar-refractivity contribution is 6.31. The summed E-state index contributed by atoms with van der Waals surface area (Å²) >= 11 is 6.49. The Bertz CT molecular complexity index is 1210. The summed E-state index contributed by atoms with van der Waals surface area (Å²) in [6, 6.07) is 19.0. The van der Waals surface area contributed by atoms with Crippen LogP contribution in [0.25, 0.3) is 6.08 Å². The molecule has 32 heavy (non-hydrogen) atoms. The quantitative estimate of drug-likeness (QED) is 0.346. The number of nitrogens with one attached hydrogen (secondary N) is 1.